The van der Waals surface area contributed by atoms with E-state index in [1.54, 1.807) is 18.2 Å². The van der Waals surface area contributed by atoms with Crippen molar-refractivity contribution in [2.24, 2.45) is 0 Å². The lowest BCUT2D eigenvalue weighted by molar-refractivity contribution is 0.584. The number of nitrogens with one attached hydrogen (secondary N) is 2. The number of aryl methyl sites for hydroxylation is 1. The molecule has 3 heterocycles. The maximum absolute atomic E-state index is 12.4. The quantitative estimate of drug-likeness (QED) is 0.654. The van der Waals surface area contributed by atoms with Gasteiger partial charge in [0, 0.05) is 5.69 Å². The van der Waals surface area contributed by atoms with Crippen molar-refractivity contribution in [3.8, 4) is 0 Å². The lowest BCUT2D eigenvalue weighted by Gasteiger charge is -2.19. The summed E-state index contributed by atoms with van der Waals surface area (Å²) in [5.41, 5.74) is 1.16. The minimum absolute atomic E-state index is 0.0290. The number of hydrogen-bond donors (Lipinski definition) is 2. The molecule has 2 aromatic heterocycles. The molecular weight excluding hydrogens is 366 g/mol. The van der Waals surface area contributed by atoms with Gasteiger partial charge >= 0.3 is 0 Å². The van der Waals surface area contributed by atoms with Gasteiger partial charge in [-0.1, -0.05) is 0 Å². The van der Waals surface area contributed by atoms with Crippen LogP contribution < -0.4 is 10.9 Å². The molecule has 8 nitrogen and oxygen atoms in total. The fraction of sp³-hybridized carbons (Fsp3) is 0.200. The molecule has 0 spiro atoms. The normalized spacial score (nSPS) is 15.7. The van der Waals surface area contributed by atoms with Crippen LogP contribution in [0.1, 0.15) is 12.1 Å². The van der Waals surface area contributed by atoms with Gasteiger partial charge in [-0.2, -0.15) is 4.98 Å². The predicted molar refractivity (Wildman–Crippen MR) is 93.1 cm³/mol. The van der Waals surface area contributed by atoms with Crippen molar-refractivity contribution in [2.75, 3.05) is 11.1 Å². The van der Waals surface area contributed by atoms with Crippen LogP contribution in [0.3, 0.4) is 0 Å². The molecule has 1 aliphatic rings. The van der Waals surface area contributed by atoms with E-state index in [1.165, 1.54) is 6.33 Å². The standard InChI is InChI=1S/C15H12ClN5O3S/c16-15-20-11-2-1-5-25(23,24)12(11)13(21-15)19-8-3-4-10-9(6-8)14(22)18-7-17-10/h3-4,6-7H,1-2,5H2,(H,17,18,22)(H,19,20,21). The summed E-state index contributed by atoms with van der Waals surface area (Å²) in [6, 6.07) is 4.93. The minimum Gasteiger partial charge on any atom is -0.339 e. The maximum atomic E-state index is 12.4. The highest BCUT2D eigenvalue weighted by atomic mass is 35.5. The lowest BCUT2D eigenvalue weighted by Crippen LogP contribution is -2.20. The summed E-state index contributed by atoms with van der Waals surface area (Å²) in [6.07, 6.45) is 2.34. The Morgan fingerprint density at radius 1 is 1.24 bits per heavy atom. The highest BCUT2D eigenvalue weighted by Gasteiger charge is 2.30. The SMILES string of the molecule is O=c1[nH]cnc2ccc(Nc3nc(Cl)nc4c3S(=O)(=O)CCC4)cc12. The lowest BCUT2D eigenvalue weighted by atomic mass is 10.2. The first-order valence-electron chi connectivity index (χ1n) is 7.48. The van der Waals surface area contributed by atoms with Gasteiger partial charge in [0.05, 0.1) is 28.7 Å². The van der Waals surface area contributed by atoms with Gasteiger partial charge in [0.15, 0.2) is 15.7 Å². The monoisotopic (exact) mass is 377 g/mol. The molecule has 0 saturated heterocycles. The second-order valence-corrected chi connectivity index (χ2v) is 8.01. The van der Waals surface area contributed by atoms with E-state index >= 15 is 0 Å². The fourth-order valence-corrected chi connectivity index (χ4v) is 4.68. The number of rotatable bonds is 2. The van der Waals surface area contributed by atoms with Crippen molar-refractivity contribution < 1.29 is 8.42 Å². The average Bonchev–Trinajstić information content (AvgIpc) is 2.54. The number of sulfone groups is 1. The molecule has 1 aliphatic heterocycles. The van der Waals surface area contributed by atoms with Gasteiger partial charge in [-0.05, 0) is 42.6 Å². The first-order chi connectivity index (χ1) is 11.9. The van der Waals surface area contributed by atoms with Crippen molar-refractivity contribution in [3.63, 3.8) is 0 Å². The van der Waals surface area contributed by atoms with Crippen LogP contribution in [0.4, 0.5) is 11.5 Å². The fourth-order valence-electron chi connectivity index (χ4n) is 2.86. The molecular formula is C15H12ClN5O3S. The number of anilines is 2. The first-order valence-corrected chi connectivity index (χ1v) is 9.51. The number of halogens is 1. The van der Waals surface area contributed by atoms with Crippen LogP contribution in [0, 0.1) is 0 Å². The molecule has 1 aromatic carbocycles. The predicted octanol–water partition coefficient (Wildman–Crippen LogP) is 1.83. The smallest absolute Gasteiger partial charge is 0.258 e. The molecule has 2 N–H and O–H groups in total. The van der Waals surface area contributed by atoms with Crippen LogP contribution in [-0.2, 0) is 16.3 Å². The molecule has 0 unspecified atom stereocenters. The number of fused-ring (bicyclic) bond motifs is 2. The van der Waals surface area contributed by atoms with Crippen molar-refractivity contribution in [2.45, 2.75) is 17.7 Å². The Kier molecular flexibility index (Phi) is 3.69. The molecule has 25 heavy (non-hydrogen) atoms. The van der Waals surface area contributed by atoms with Crippen molar-refractivity contribution in [1.29, 1.82) is 0 Å². The van der Waals surface area contributed by atoms with E-state index in [2.05, 4.69) is 25.3 Å². The molecule has 0 saturated carbocycles. The van der Waals surface area contributed by atoms with Gasteiger partial charge in [-0.25, -0.2) is 18.4 Å². The number of aromatic nitrogens is 4. The van der Waals surface area contributed by atoms with Crippen LogP contribution in [0.5, 0.6) is 0 Å². The largest absolute Gasteiger partial charge is 0.339 e. The highest BCUT2D eigenvalue weighted by molar-refractivity contribution is 7.91. The van der Waals surface area contributed by atoms with Gasteiger partial charge in [0.1, 0.15) is 4.90 Å². The second-order valence-electron chi connectivity index (χ2n) is 5.63. The summed E-state index contributed by atoms with van der Waals surface area (Å²) in [5, 5.41) is 3.30. The van der Waals surface area contributed by atoms with Gasteiger partial charge in [0.25, 0.3) is 5.56 Å². The van der Waals surface area contributed by atoms with Gasteiger partial charge in [0.2, 0.25) is 5.28 Å². The van der Waals surface area contributed by atoms with Gasteiger partial charge < -0.3 is 10.3 Å². The molecule has 0 aliphatic carbocycles. The zero-order valence-electron chi connectivity index (χ0n) is 12.8. The molecule has 128 valence electrons. The van der Waals surface area contributed by atoms with Gasteiger partial charge in [-0.15, -0.1) is 0 Å². The van der Waals surface area contributed by atoms with Crippen LogP contribution >= 0.6 is 11.6 Å². The Morgan fingerprint density at radius 2 is 2.08 bits per heavy atom. The van der Waals surface area contributed by atoms with Crippen molar-refractivity contribution in [3.05, 3.63) is 45.9 Å². The third-order valence-corrected chi connectivity index (χ3v) is 6.00. The zero-order valence-corrected chi connectivity index (χ0v) is 14.4. The van der Waals surface area contributed by atoms with E-state index in [0.29, 0.717) is 35.1 Å². The molecule has 0 amide bonds. The van der Waals surface area contributed by atoms with E-state index in [0.717, 1.165) is 0 Å². The second kappa shape index (κ2) is 5.78. The molecule has 3 aromatic rings. The molecule has 4 rings (SSSR count). The molecule has 0 bridgehead atoms. The number of hydrogen-bond acceptors (Lipinski definition) is 7. The summed E-state index contributed by atoms with van der Waals surface area (Å²) in [6.45, 7) is 0. The Labute approximate surface area is 147 Å². The Hall–Kier alpha value is -2.52. The number of H-pyrrole nitrogens is 1. The van der Waals surface area contributed by atoms with E-state index in [-0.39, 0.29) is 27.3 Å². The molecule has 0 atom stereocenters. The van der Waals surface area contributed by atoms with E-state index in [9.17, 15) is 13.2 Å². The summed E-state index contributed by atoms with van der Waals surface area (Å²) < 4.78 is 24.9. The van der Waals surface area contributed by atoms with Crippen molar-refractivity contribution in [1.82, 2.24) is 19.9 Å². The van der Waals surface area contributed by atoms with Crippen LogP contribution in [-0.4, -0.2) is 34.1 Å². The van der Waals surface area contributed by atoms with Crippen molar-refractivity contribution >= 4 is 43.8 Å². The first kappa shape index (κ1) is 16.0. The summed E-state index contributed by atoms with van der Waals surface area (Å²) >= 11 is 5.94. The topological polar surface area (TPSA) is 118 Å². The van der Waals surface area contributed by atoms with E-state index < -0.39 is 9.84 Å². The Balaban J connectivity index is 1.86. The maximum Gasteiger partial charge on any atom is 0.258 e. The van der Waals surface area contributed by atoms with E-state index in [4.69, 9.17) is 11.6 Å². The Morgan fingerprint density at radius 3 is 2.92 bits per heavy atom. The van der Waals surface area contributed by atoms with Gasteiger partial charge in [-0.3, -0.25) is 4.79 Å². The van der Waals surface area contributed by atoms with Crippen LogP contribution in [0.2, 0.25) is 5.28 Å². The number of benzene rings is 1. The zero-order chi connectivity index (χ0) is 17.6. The summed E-state index contributed by atoms with van der Waals surface area (Å²) in [5.74, 6) is 0.162. The van der Waals surface area contributed by atoms with E-state index in [1.807, 2.05) is 0 Å². The van der Waals surface area contributed by atoms with Crippen LogP contribution in [0.25, 0.3) is 10.9 Å². The number of aromatic amines is 1. The third kappa shape index (κ3) is 2.85. The highest BCUT2D eigenvalue weighted by Crippen LogP contribution is 2.32. The van der Waals surface area contributed by atoms with Crippen LogP contribution in [0.15, 0.2) is 34.2 Å². The summed E-state index contributed by atoms with van der Waals surface area (Å²) in [7, 11) is -3.49. The molecule has 0 radical (unpaired) electrons. The third-order valence-electron chi connectivity index (χ3n) is 3.95. The average molecular weight is 378 g/mol. The summed E-state index contributed by atoms with van der Waals surface area (Å²) in [4.78, 5) is 26.6. The Bertz CT molecular complexity index is 1160. The number of nitrogens with zero attached hydrogens (tertiary/aromatic N) is 3. The minimum atomic E-state index is -3.49. The molecule has 10 heteroatoms. The molecule has 0 fully saturated rings.